The summed E-state index contributed by atoms with van der Waals surface area (Å²) >= 11 is 6.08. The molecule has 0 spiro atoms. The first-order chi connectivity index (χ1) is 9.61. The van der Waals surface area contributed by atoms with Crippen molar-refractivity contribution < 1.29 is 14.6 Å². The molecule has 1 aromatic carbocycles. The number of ether oxygens (including phenoxy) is 1. The Hall–Kier alpha value is -2.07. The average molecular weight is 292 g/mol. The van der Waals surface area contributed by atoms with Crippen LogP contribution in [0.15, 0.2) is 42.5 Å². The topological polar surface area (TPSA) is 59.4 Å². The lowest BCUT2D eigenvalue weighted by atomic mass is 9.94. The number of hydrogen-bond acceptors (Lipinski definition) is 3. The summed E-state index contributed by atoms with van der Waals surface area (Å²) < 4.78 is 5.04. The molecule has 4 nitrogen and oxygen atoms in total. The number of rotatable bonds is 5. The lowest BCUT2D eigenvalue weighted by Gasteiger charge is -2.14. The summed E-state index contributed by atoms with van der Waals surface area (Å²) in [6.07, 6.45) is 0.260. The monoisotopic (exact) mass is 291 g/mol. The van der Waals surface area contributed by atoms with Gasteiger partial charge in [-0.15, -0.1) is 0 Å². The minimum absolute atomic E-state index is 0.260. The number of aliphatic carboxylic acids is 1. The van der Waals surface area contributed by atoms with E-state index in [0.29, 0.717) is 22.2 Å². The number of carboxylic acids is 1. The summed E-state index contributed by atoms with van der Waals surface area (Å²) in [5.41, 5.74) is 1.24. The molecule has 1 N–H and O–H groups in total. The van der Waals surface area contributed by atoms with E-state index in [1.54, 1.807) is 42.5 Å². The van der Waals surface area contributed by atoms with Gasteiger partial charge in [-0.1, -0.05) is 35.9 Å². The number of carboxylic acid groups (broad SMARTS) is 1. The Morgan fingerprint density at radius 2 is 2.05 bits per heavy atom. The van der Waals surface area contributed by atoms with Crippen molar-refractivity contribution >= 4 is 17.6 Å². The van der Waals surface area contributed by atoms with Crippen LogP contribution in [0.1, 0.15) is 17.2 Å². The van der Waals surface area contributed by atoms with Crippen LogP contribution in [0.3, 0.4) is 0 Å². The van der Waals surface area contributed by atoms with Crippen LogP contribution in [-0.4, -0.2) is 23.2 Å². The minimum atomic E-state index is -0.928. The lowest BCUT2D eigenvalue weighted by molar-refractivity contribution is -0.138. The van der Waals surface area contributed by atoms with Crippen molar-refractivity contribution in [2.45, 2.75) is 12.3 Å². The number of pyridine rings is 1. The summed E-state index contributed by atoms with van der Waals surface area (Å²) in [5, 5.41) is 9.87. The number of nitrogens with zero attached hydrogens (tertiary/aromatic N) is 1. The molecule has 0 radical (unpaired) electrons. The molecule has 5 heteroatoms. The molecule has 2 aromatic rings. The zero-order chi connectivity index (χ0) is 14.5. The molecule has 0 fully saturated rings. The number of aromatic nitrogens is 1. The Morgan fingerprint density at radius 1 is 1.30 bits per heavy atom. The van der Waals surface area contributed by atoms with Gasteiger partial charge in [-0.05, 0) is 17.7 Å². The van der Waals surface area contributed by atoms with Crippen molar-refractivity contribution in [3.63, 3.8) is 0 Å². The van der Waals surface area contributed by atoms with Crippen molar-refractivity contribution in [2.75, 3.05) is 7.11 Å². The van der Waals surface area contributed by atoms with Crippen LogP contribution >= 0.6 is 11.6 Å². The van der Waals surface area contributed by atoms with Gasteiger partial charge in [-0.25, -0.2) is 4.98 Å². The molecule has 0 amide bonds. The molecular formula is C15H14ClNO3. The van der Waals surface area contributed by atoms with E-state index < -0.39 is 11.9 Å². The summed E-state index contributed by atoms with van der Waals surface area (Å²) in [7, 11) is 1.52. The second-order valence-corrected chi connectivity index (χ2v) is 4.69. The first-order valence-electron chi connectivity index (χ1n) is 6.09. The molecule has 0 aliphatic carbocycles. The third kappa shape index (κ3) is 3.27. The molecule has 1 heterocycles. The van der Waals surface area contributed by atoms with E-state index in [1.165, 1.54) is 7.11 Å². The van der Waals surface area contributed by atoms with Crippen LogP contribution in [0.25, 0.3) is 0 Å². The zero-order valence-corrected chi connectivity index (χ0v) is 11.7. The van der Waals surface area contributed by atoms with Gasteiger partial charge >= 0.3 is 5.97 Å². The molecular weight excluding hydrogens is 278 g/mol. The van der Waals surface area contributed by atoms with Crippen LogP contribution in [0.2, 0.25) is 5.02 Å². The predicted molar refractivity (Wildman–Crippen MR) is 76.3 cm³/mol. The molecule has 1 aromatic heterocycles. The second kappa shape index (κ2) is 6.39. The predicted octanol–water partition coefficient (Wildman–Crippen LogP) is 3.15. The van der Waals surface area contributed by atoms with Gasteiger partial charge in [0, 0.05) is 23.2 Å². The molecule has 104 valence electrons. The fraction of sp³-hybridized carbons (Fsp3) is 0.200. The SMILES string of the molecule is COc1cccc(CC(C(=O)O)c2ccccc2Cl)n1. The summed E-state index contributed by atoms with van der Waals surface area (Å²) in [6, 6.07) is 12.2. The summed E-state index contributed by atoms with van der Waals surface area (Å²) in [6.45, 7) is 0. The Labute approximate surface area is 122 Å². The Balaban J connectivity index is 2.31. The van der Waals surface area contributed by atoms with E-state index in [-0.39, 0.29) is 6.42 Å². The summed E-state index contributed by atoms with van der Waals surface area (Å²) in [5.74, 6) is -1.20. The highest BCUT2D eigenvalue weighted by molar-refractivity contribution is 6.31. The Kier molecular flexibility index (Phi) is 4.58. The van der Waals surface area contributed by atoms with E-state index in [0.717, 1.165) is 0 Å². The lowest BCUT2D eigenvalue weighted by Crippen LogP contribution is -2.15. The molecule has 0 aliphatic rings. The smallest absolute Gasteiger partial charge is 0.311 e. The van der Waals surface area contributed by atoms with E-state index in [4.69, 9.17) is 16.3 Å². The van der Waals surface area contributed by atoms with E-state index in [2.05, 4.69) is 4.98 Å². The molecule has 0 saturated heterocycles. The van der Waals surface area contributed by atoms with Gasteiger partial charge < -0.3 is 9.84 Å². The van der Waals surface area contributed by atoms with Crippen LogP contribution in [0.5, 0.6) is 5.88 Å². The van der Waals surface area contributed by atoms with Gasteiger partial charge in [-0.2, -0.15) is 0 Å². The zero-order valence-electron chi connectivity index (χ0n) is 10.9. The van der Waals surface area contributed by atoms with E-state index in [9.17, 15) is 9.90 Å². The highest BCUT2D eigenvalue weighted by Gasteiger charge is 2.23. The number of halogens is 1. The summed E-state index contributed by atoms with van der Waals surface area (Å²) in [4.78, 5) is 15.7. The van der Waals surface area contributed by atoms with Crippen LogP contribution in [0, 0.1) is 0 Å². The third-order valence-corrected chi connectivity index (χ3v) is 3.33. The maximum absolute atomic E-state index is 11.5. The van der Waals surface area contributed by atoms with Gasteiger partial charge in [0.1, 0.15) is 0 Å². The van der Waals surface area contributed by atoms with Crippen LogP contribution < -0.4 is 4.74 Å². The average Bonchev–Trinajstić information content (AvgIpc) is 2.45. The van der Waals surface area contributed by atoms with E-state index in [1.807, 2.05) is 0 Å². The maximum Gasteiger partial charge on any atom is 0.311 e. The van der Waals surface area contributed by atoms with E-state index >= 15 is 0 Å². The Bertz CT molecular complexity index is 616. The van der Waals surface area contributed by atoms with Crippen molar-refractivity contribution in [2.24, 2.45) is 0 Å². The van der Waals surface area contributed by atoms with Crippen molar-refractivity contribution in [1.29, 1.82) is 0 Å². The normalized spacial score (nSPS) is 11.9. The molecule has 20 heavy (non-hydrogen) atoms. The minimum Gasteiger partial charge on any atom is -0.481 e. The first kappa shape index (κ1) is 14.3. The van der Waals surface area contributed by atoms with Crippen molar-refractivity contribution in [3.8, 4) is 5.88 Å². The van der Waals surface area contributed by atoms with Crippen LogP contribution in [-0.2, 0) is 11.2 Å². The van der Waals surface area contributed by atoms with Crippen molar-refractivity contribution in [1.82, 2.24) is 4.98 Å². The van der Waals surface area contributed by atoms with Crippen LogP contribution in [0.4, 0.5) is 0 Å². The van der Waals surface area contributed by atoms with Gasteiger partial charge in [-0.3, -0.25) is 4.79 Å². The van der Waals surface area contributed by atoms with Gasteiger partial charge in [0.05, 0.1) is 13.0 Å². The van der Waals surface area contributed by atoms with Gasteiger partial charge in [0.15, 0.2) is 0 Å². The highest BCUT2D eigenvalue weighted by Crippen LogP contribution is 2.27. The number of methoxy groups -OCH3 is 1. The molecule has 0 aliphatic heterocycles. The molecule has 0 bridgehead atoms. The van der Waals surface area contributed by atoms with Gasteiger partial charge in [0.2, 0.25) is 5.88 Å². The number of hydrogen-bond donors (Lipinski definition) is 1. The van der Waals surface area contributed by atoms with Crippen molar-refractivity contribution in [3.05, 3.63) is 58.7 Å². The Morgan fingerprint density at radius 3 is 2.70 bits per heavy atom. The molecule has 1 atom stereocenters. The largest absolute Gasteiger partial charge is 0.481 e. The number of benzene rings is 1. The fourth-order valence-electron chi connectivity index (χ4n) is 1.98. The standard InChI is InChI=1S/C15H14ClNO3/c1-20-14-8-4-5-10(17-14)9-12(15(18)19)11-6-2-3-7-13(11)16/h2-8,12H,9H2,1H3,(H,18,19). The second-order valence-electron chi connectivity index (χ2n) is 4.29. The quantitative estimate of drug-likeness (QED) is 0.919. The molecule has 1 unspecified atom stereocenters. The highest BCUT2D eigenvalue weighted by atomic mass is 35.5. The third-order valence-electron chi connectivity index (χ3n) is 2.98. The van der Waals surface area contributed by atoms with Gasteiger partial charge in [0.25, 0.3) is 0 Å². The molecule has 2 rings (SSSR count). The first-order valence-corrected chi connectivity index (χ1v) is 6.46. The fourth-order valence-corrected chi connectivity index (χ4v) is 2.25. The number of carbonyl (C=O) groups is 1. The molecule has 0 saturated carbocycles. The maximum atomic E-state index is 11.5.